The Labute approximate surface area is 60.6 Å². The highest BCUT2D eigenvalue weighted by Crippen LogP contribution is 2.13. The quantitative estimate of drug-likeness (QED) is 0.611. The molecular formula is C7H13N3. The van der Waals surface area contributed by atoms with Crippen LogP contribution in [0.25, 0.3) is 0 Å². The first-order valence-corrected chi connectivity index (χ1v) is 3.40. The first-order chi connectivity index (χ1) is 4.63. The van der Waals surface area contributed by atoms with E-state index in [-0.39, 0.29) is 6.04 Å². The lowest BCUT2D eigenvalue weighted by molar-refractivity contribution is 0.766. The second-order valence-electron chi connectivity index (χ2n) is 2.65. The lowest BCUT2D eigenvalue weighted by Gasteiger charge is -2.00. The van der Waals surface area contributed by atoms with Crippen LogP contribution >= 0.6 is 0 Å². The van der Waals surface area contributed by atoms with Crippen LogP contribution in [0, 0.1) is 13.8 Å². The summed E-state index contributed by atoms with van der Waals surface area (Å²) in [5.74, 6) is 0. The molecule has 0 fully saturated rings. The van der Waals surface area contributed by atoms with Crippen molar-refractivity contribution in [1.82, 2.24) is 10.2 Å². The first kappa shape index (κ1) is 7.28. The molecule has 0 spiro atoms. The van der Waals surface area contributed by atoms with Crippen molar-refractivity contribution in [2.24, 2.45) is 5.73 Å². The maximum Gasteiger partial charge on any atom is 0.0818 e. The molecule has 1 atom stereocenters. The number of nitrogens with zero attached hydrogens (tertiary/aromatic N) is 1. The zero-order valence-electron chi connectivity index (χ0n) is 6.60. The Morgan fingerprint density at radius 3 is 2.30 bits per heavy atom. The molecule has 3 nitrogen and oxygen atoms in total. The van der Waals surface area contributed by atoms with Gasteiger partial charge in [-0.05, 0) is 26.3 Å². The van der Waals surface area contributed by atoms with Gasteiger partial charge in [-0.15, -0.1) is 0 Å². The lowest BCUT2D eigenvalue weighted by Crippen LogP contribution is -2.06. The van der Waals surface area contributed by atoms with Crippen molar-refractivity contribution in [3.63, 3.8) is 0 Å². The fourth-order valence-corrected chi connectivity index (χ4v) is 0.947. The van der Waals surface area contributed by atoms with Gasteiger partial charge in [0.15, 0.2) is 0 Å². The minimum absolute atomic E-state index is 0.0324. The van der Waals surface area contributed by atoms with Gasteiger partial charge in [-0.2, -0.15) is 5.10 Å². The predicted octanol–water partition coefficient (Wildman–Crippen LogP) is 1.05. The number of H-pyrrole nitrogens is 1. The van der Waals surface area contributed by atoms with Gasteiger partial charge >= 0.3 is 0 Å². The van der Waals surface area contributed by atoms with Crippen molar-refractivity contribution < 1.29 is 0 Å². The summed E-state index contributed by atoms with van der Waals surface area (Å²) in [7, 11) is 0. The Morgan fingerprint density at radius 1 is 1.50 bits per heavy atom. The Morgan fingerprint density at radius 2 is 2.10 bits per heavy atom. The Kier molecular flexibility index (Phi) is 1.76. The van der Waals surface area contributed by atoms with Crippen molar-refractivity contribution in [2.45, 2.75) is 26.8 Å². The van der Waals surface area contributed by atoms with Crippen LogP contribution in [0.3, 0.4) is 0 Å². The van der Waals surface area contributed by atoms with E-state index in [1.807, 2.05) is 20.8 Å². The third kappa shape index (κ3) is 1.04. The predicted molar refractivity (Wildman–Crippen MR) is 40.7 cm³/mol. The standard InChI is InChI=1S/C7H13N3/c1-4-6(3)9-10-7(4)5(2)8/h5H,8H2,1-3H3,(H,9,10)/t5-/m0/s1. The van der Waals surface area contributed by atoms with Crippen LogP contribution < -0.4 is 5.73 Å². The molecule has 1 aromatic rings. The lowest BCUT2D eigenvalue weighted by atomic mass is 10.1. The molecule has 0 aliphatic heterocycles. The van der Waals surface area contributed by atoms with E-state index in [0.29, 0.717) is 0 Å². The van der Waals surface area contributed by atoms with E-state index in [1.54, 1.807) is 0 Å². The minimum atomic E-state index is 0.0324. The van der Waals surface area contributed by atoms with Gasteiger partial charge in [-0.1, -0.05) is 0 Å². The van der Waals surface area contributed by atoms with E-state index in [4.69, 9.17) is 5.73 Å². The molecule has 3 N–H and O–H groups in total. The van der Waals surface area contributed by atoms with Crippen LogP contribution in [0.2, 0.25) is 0 Å². The molecule has 1 aromatic heterocycles. The van der Waals surface area contributed by atoms with E-state index in [1.165, 1.54) is 5.56 Å². The monoisotopic (exact) mass is 139 g/mol. The van der Waals surface area contributed by atoms with Crippen molar-refractivity contribution in [3.05, 3.63) is 17.0 Å². The topological polar surface area (TPSA) is 54.7 Å². The molecule has 0 saturated heterocycles. The van der Waals surface area contributed by atoms with Crippen LogP contribution in [0.1, 0.15) is 29.9 Å². The summed E-state index contributed by atoms with van der Waals surface area (Å²) in [5, 5.41) is 6.95. The first-order valence-electron chi connectivity index (χ1n) is 3.40. The van der Waals surface area contributed by atoms with E-state index in [9.17, 15) is 0 Å². The molecular weight excluding hydrogens is 126 g/mol. The number of nitrogens with two attached hydrogens (primary N) is 1. The molecule has 56 valence electrons. The van der Waals surface area contributed by atoms with Gasteiger partial charge in [-0.25, -0.2) is 0 Å². The van der Waals surface area contributed by atoms with Crippen LogP contribution in [0.15, 0.2) is 0 Å². The summed E-state index contributed by atoms with van der Waals surface area (Å²) in [6.07, 6.45) is 0. The molecule has 1 heterocycles. The van der Waals surface area contributed by atoms with Crippen molar-refractivity contribution in [3.8, 4) is 0 Å². The highest BCUT2D eigenvalue weighted by molar-refractivity contribution is 5.24. The highest BCUT2D eigenvalue weighted by Gasteiger charge is 2.08. The van der Waals surface area contributed by atoms with Crippen molar-refractivity contribution >= 4 is 0 Å². The molecule has 10 heavy (non-hydrogen) atoms. The summed E-state index contributed by atoms with van der Waals surface area (Å²) >= 11 is 0. The van der Waals surface area contributed by atoms with Gasteiger partial charge in [0.05, 0.1) is 5.69 Å². The average molecular weight is 139 g/mol. The number of aromatic nitrogens is 2. The zero-order chi connectivity index (χ0) is 7.72. The molecule has 0 saturated carbocycles. The maximum atomic E-state index is 5.65. The third-order valence-electron chi connectivity index (χ3n) is 1.72. The van der Waals surface area contributed by atoms with Gasteiger partial charge in [0.1, 0.15) is 0 Å². The Bertz CT molecular complexity index is 225. The molecule has 0 radical (unpaired) electrons. The number of aryl methyl sites for hydroxylation is 1. The third-order valence-corrected chi connectivity index (χ3v) is 1.72. The number of aromatic amines is 1. The fraction of sp³-hybridized carbons (Fsp3) is 0.571. The molecule has 0 aromatic carbocycles. The molecule has 0 aliphatic carbocycles. The molecule has 0 unspecified atom stereocenters. The van der Waals surface area contributed by atoms with E-state index in [0.717, 1.165) is 11.4 Å². The number of nitrogens with one attached hydrogen (secondary N) is 1. The normalized spacial score (nSPS) is 13.6. The SMILES string of the molecule is Cc1[nH]nc([C@H](C)N)c1C. The van der Waals surface area contributed by atoms with E-state index in [2.05, 4.69) is 10.2 Å². The van der Waals surface area contributed by atoms with Gasteiger partial charge in [0, 0.05) is 11.7 Å². The van der Waals surface area contributed by atoms with Crippen LogP contribution in [0.5, 0.6) is 0 Å². The van der Waals surface area contributed by atoms with Gasteiger partial charge in [-0.3, -0.25) is 5.10 Å². The molecule has 0 bridgehead atoms. The van der Waals surface area contributed by atoms with Crippen LogP contribution in [0.4, 0.5) is 0 Å². The number of hydrogen-bond donors (Lipinski definition) is 2. The van der Waals surface area contributed by atoms with Crippen LogP contribution in [-0.2, 0) is 0 Å². The van der Waals surface area contributed by atoms with Gasteiger partial charge < -0.3 is 5.73 Å². The molecule has 1 rings (SSSR count). The fourth-order valence-electron chi connectivity index (χ4n) is 0.947. The maximum absolute atomic E-state index is 5.65. The summed E-state index contributed by atoms with van der Waals surface area (Å²) in [4.78, 5) is 0. The van der Waals surface area contributed by atoms with Gasteiger partial charge in [0.2, 0.25) is 0 Å². The van der Waals surface area contributed by atoms with E-state index < -0.39 is 0 Å². The van der Waals surface area contributed by atoms with Crippen molar-refractivity contribution in [1.29, 1.82) is 0 Å². The summed E-state index contributed by atoms with van der Waals surface area (Å²) in [6, 6.07) is 0.0324. The average Bonchev–Trinajstić information content (AvgIpc) is 2.14. The second-order valence-corrected chi connectivity index (χ2v) is 2.65. The van der Waals surface area contributed by atoms with Gasteiger partial charge in [0.25, 0.3) is 0 Å². The Hall–Kier alpha value is -0.830. The van der Waals surface area contributed by atoms with Crippen molar-refractivity contribution in [2.75, 3.05) is 0 Å². The summed E-state index contributed by atoms with van der Waals surface area (Å²) in [6.45, 7) is 5.95. The zero-order valence-corrected chi connectivity index (χ0v) is 6.60. The van der Waals surface area contributed by atoms with E-state index >= 15 is 0 Å². The van der Waals surface area contributed by atoms with Crippen LogP contribution in [-0.4, -0.2) is 10.2 Å². The minimum Gasteiger partial charge on any atom is -0.323 e. The smallest absolute Gasteiger partial charge is 0.0818 e. The molecule has 0 amide bonds. The highest BCUT2D eigenvalue weighted by atomic mass is 15.1. The summed E-state index contributed by atoms with van der Waals surface area (Å²) < 4.78 is 0. The number of hydrogen-bond acceptors (Lipinski definition) is 2. The molecule has 0 aliphatic rings. The molecule has 3 heteroatoms. The number of rotatable bonds is 1. The largest absolute Gasteiger partial charge is 0.323 e. The second kappa shape index (κ2) is 2.42. The summed E-state index contributed by atoms with van der Waals surface area (Å²) in [5.41, 5.74) is 8.90. The Balaban J connectivity index is 3.05.